The molecular weight excluding hydrogens is 595 g/mol. The fraction of sp³-hybridized carbons (Fsp3) is 0.250. The van der Waals surface area contributed by atoms with Crippen LogP contribution in [0.4, 0.5) is 4.39 Å². The molecule has 0 amide bonds. The molecule has 0 heterocycles. The van der Waals surface area contributed by atoms with Gasteiger partial charge in [-0.2, -0.15) is 0 Å². The van der Waals surface area contributed by atoms with Crippen LogP contribution in [0.5, 0.6) is 23.0 Å². The van der Waals surface area contributed by atoms with Gasteiger partial charge in [0, 0.05) is 51.7 Å². The standard InChI is InChI=1S/C32H33FO12/c1-18(14-38-5)29(34)42-22-9-10-23(26(11-22)43-30(35)19(2)15-39-6)24-12-25(33)28(45-32(37)21(4)17-41-8)13-27(24)44-31(36)20(3)16-40-7/h9-13H,1-4,14-17H2,5-8H3. The van der Waals surface area contributed by atoms with Crippen LogP contribution >= 0.6 is 0 Å². The Labute approximate surface area is 259 Å². The maximum absolute atomic E-state index is 15.4. The third kappa shape index (κ3) is 10.3. The summed E-state index contributed by atoms with van der Waals surface area (Å²) in [6.07, 6.45) is 0. The highest BCUT2D eigenvalue weighted by Gasteiger charge is 2.24. The highest BCUT2D eigenvalue weighted by molar-refractivity contribution is 5.94. The normalized spacial score (nSPS) is 10.4. The van der Waals surface area contributed by atoms with Gasteiger partial charge >= 0.3 is 23.9 Å². The van der Waals surface area contributed by atoms with E-state index < -0.39 is 35.4 Å². The number of esters is 4. The molecule has 0 aliphatic carbocycles. The Bertz CT molecular complexity index is 1510. The summed E-state index contributed by atoms with van der Waals surface area (Å²) in [6.45, 7) is 13.7. The van der Waals surface area contributed by atoms with Gasteiger partial charge in [0.1, 0.15) is 17.2 Å². The van der Waals surface area contributed by atoms with Crippen molar-refractivity contribution in [1.29, 1.82) is 0 Å². The first-order valence-electron chi connectivity index (χ1n) is 12.9. The van der Waals surface area contributed by atoms with E-state index in [0.717, 1.165) is 12.1 Å². The van der Waals surface area contributed by atoms with Crippen LogP contribution in [0.1, 0.15) is 0 Å². The molecule has 2 rings (SSSR count). The summed E-state index contributed by atoms with van der Waals surface area (Å²) in [5.74, 6) is -6.07. The van der Waals surface area contributed by atoms with E-state index in [0.29, 0.717) is 0 Å². The summed E-state index contributed by atoms with van der Waals surface area (Å²) in [6, 6.07) is 5.61. The molecule has 0 fully saturated rings. The largest absolute Gasteiger partial charge is 0.423 e. The topological polar surface area (TPSA) is 142 Å². The summed E-state index contributed by atoms with van der Waals surface area (Å²) in [5.41, 5.74) is -0.433. The van der Waals surface area contributed by atoms with Gasteiger partial charge in [-0.05, 0) is 18.2 Å². The number of halogens is 1. The number of rotatable bonds is 17. The highest BCUT2D eigenvalue weighted by atomic mass is 19.1. The van der Waals surface area contributed by atoms with Crippen molar-refractivity contribution in [2.24, 2.45) is 0 Å². The van der Waals surface area contributed by atoms with Crippen LogP contribution in [0.3, 0.4) is 0 Å². The average Bonchev–Trinajstić information content (AvgIpc) is 2.99. The molecule has 13 heteroatoms. The molecule has 2 aromatic carbocycles. The monoisotopic (exact) mass is 628 g/mol. The van der Waals surface area contributed by atoms with Gasteiger partial charge in [0.25, 0.3) is 0 Å². The Hall–Kier alpha value is -4.95. The van der Waals surface area contributed by atoms with Crippen LogP contribution in [-0.2, 0) is 38.1 Å². The minimum atomic E-state index is -1.06. The zero-order valence-corrected chi connectivity index (χ0v) is 25.3. The van der Waals surface area contributed by atoms with Gasteiger partial charge in [0.05, 0.1) is 48.7 Å². The first-order valence-corrected chi connectivity index (χ1v) is 12.9. The molecule has 0 aliphatic heterocycles. The molecule has 45 heavy (non-hydrogen) atoms. The van der Waals surface area contributed by atoms with E-state index in [4.69, 9.17) is 37.9 Å². The second-order valence-electron chi connectivity index (χ2n) is 9.14. The van der Waals surface area contributed by atoms with Crippen LogP contribution in [0.25, 0.3) is 11.1 Å². The van der Waals surface area contributed by atoms with Crippen molar-refractivity contribution in [1.82, 2.24) is 0 Å². The molecule has 0 aliphatic rings. The molecule has 12 nitrogen and oxygen atoms in total. The van der Waals surface area contributed by atoms with Gasteiger partial charge in [-0.15, -0.1) is 0 Å². The van der Waals surface area contributed by atoms with Crippen molar-refractivity contribution in [2.75, 3.05) is 54.9 Å². The number of hydrogen-bond acceptors (Lipinski definition) is 12. The molecule has 0 aromatic heterocycles. The molecule has 0 spiro atoms. The second-order valence-corrected chi connectivity index (χ2v) is 9.14. The lowest BCUT2D eigenvalue weighted by Crippen LogP contribution is -2.17. The quantitative estimate of drug-likeness (QED) is 0.142. The minimum Gasteiger partial charge on any atom is -0.423 e. The van der Waals surface area contributed by atoms with Crippen LogP contribution in [0.2, 0.25) is 0 Å². The third-order valence-corrected chi connectivity index (χ3v) is 5.52. The van der Waals surface area contributed by atoms with Crippen molar-refractivity contribution in [3.8, 4) is 34.1 Å². The second kappa shape index (κ2) is 17.4. The first kappa shape index (κ1) is 36.2. The molecule has 0 bridgehead atoms. The van der Waals surface area contributed by atoms with E-state index in [1.165, 1.54) is 46.6 Å². The Morgan fingerprint density at radius 1 is 0.533 bits per heavy atom. The van der Waals surface area contributed by atoms with Gasteiger partial charge in [-0.1, -0.05) is 26.3 Å². The van der Waals surface area contributed by atoms with E-state index in [2.05, 4.69) is 26.3 Å². The maximum Gasteiger partial charge on any atom is 0.341 e. The van der Waals surface area contributed by atoms with Crippen molar-refractivity contribution in [3.63, 3.8) is 0 Å². The Kier molecular flexibility index (Phi) is 14.0. The molecule has 0 atom stereocenters. The number of ether oxygens (including phenoxy) is 8. The molecule has 240 valence electrons. The number of carbonyl (C=O) groups is 4. The summed E-state index contributed by atoms with van der Waals surface area (Å²) in [5, 5.41) is 0. The summed E-state index contributed by atoms with van der Waals surface area (Å²) in [4.78, 5) is 50.4. The van der Waals surface area contributed by atoms with Crippen LogP contribution < -0.4 is 18.9 Å². The summed E-state index contributed by atoms with van der Waals surface area (Å²) in [7, 11) is 5.38. The number of methoxy groups -OCH3 is 4. The lowest BCUT2D eigenvalue weighted by molar-refractivity contribution is -0.132. The SMILES string of the molecule is C=C(COC)C(=O)Oc1ccc(-c2cc(F)c(OC(=O)C(=C)COC)cc2OC(=O)C(=C)COC)c(OC(=O)C(=C)COC)c1. The smallest absolute Gasteiger partial charge is 0.341 e. The van der Waals surface area contributed by atoms with E-state index in [1.807, 2.05) is 0 Å². The van der Waals surface area contributed by atoms with Crippen LogP contribution in [0.15, 0.2) is 78.9 Å². The maximum atomic E-state index is 15.4. The number of benzene rings is 2. The van der Waals surface area contributed by atoms with Crippen LogP contribution in [-0.4, -0.2) is 78.7 Å². The lowest BCUT2D eigenvalue weighted by atomic mass is 10.0. The van der Waals surface area contributed by atoms with Crippen molar-refractivity contribution in [3.05, 3.63) is 84.8 Å². The predicted molar refractivity (Wildman–Crippen MR) is 158 cm³/mol. The van der Waals surface area contributed by atoms with E-state index in [9.17, 15) is 19.2 Å². The van der Waals surface area contributed by atoms with E-state index >= 15 is 4.39 Å². The Morgan fingerprint density at radius 3 is 1.33 bits per heavy atom. The lowest BCUT2D eigenvalue weighted by Gasteiger charge is -2.17. The number of carbonyl (C=O) groups excluding carboxylic acids is 4. The Morgan fingerprint density at radius 2 is 0.911 bits per heavy atom. The van der Waals surface area contributed by atoms with Crippen molar-refractivity contribution in [2.45, 2.75) is 0 Å². The zero-order valence-electron chi connectivity index (χ0n) is 25.3. The zero-order chi connectivity index (χ0) is 33.7. The fourth-order valence-corrected chi connectivity index (χ4v) is 3.41. The molecular formula is C32H33FO12. The first-order chi connectivity index (χ1) is 21.4. The van der Waals surface area contributed by atoms with E-state index in [1.54, 1.807) is 0 Å². The van der Waals surface area contributed by atoms with Crippen molar-refractivity contribution < 1.29 is 61.5 Å². The molecule has 0 radical (unpaired) electrons. The summed E-state index contributed by atoms with van der Waals surface area (Å²) < 4.78 is 56.5. The van der Waals surface area contributed by atoms with Gasteiger partial charge in [0.15, 0.2) is 11.6 Å². The minimum absolute atomic E-state index is 0.000492. The van der Waals surface area contributed by atoms with Gasteiger partial charge in [-0.25, -0.2) is 23.6 Å². The van der Waals surface area contributed by atoms with Gasteiger partial charge in [-0.3, -0.25) is 0 Å². The molecule has 0 N–H and O–H groups in total. The summed E-state index contributed by atoms with van der Waals surface area (Å²) >= 11 is 0. The molecule has 0 unspecified atom stereocenters. The van der Waals surface area contributed by atoms with Crippen molar-refractivity contribution >= 4 is 23.9 Å². The number of hydrogen-bond donors (Lipinski definition) is 0. The fourth-order valence-electron chi connectivity index (χ4n) is 3.41. The van der Waals surface area contributed by atoms with Crippen LogP contribution in [0, 0.1) is 5.82 Å². The van der Waals surface area contributed by atoms with Gasteiger partial charge < -0.3 is 37.9 Å². The molecule has 0 saturated heterocycles. The molecule has 0 saturated carbocycles. The highest BCUT2D eigenvalue weighted by Crippen LogP contribution is 2.42. The molecule has 2 aromatic rings. The van der Waals surface area contributed by atoms with Gasteiger partial charge in [0.2, 0.25) is 0 Å². The third-order valence-electron chi connectivity index (χ3n) is 5.52. The average molecular weight is 629 g/mol. The predicted octanol–water partition coefficient (Wildman–Crippen LogP) is 3.92. The van der Waals surface area contributed by atoms with E-state index in [-0.39, 0.29) is 77.1 Å². The Balaban J connectivity index is 2.72.